The second kappa shape index (κ2) is 4.97. The van der Waals surface area contributed by atoms with Crippen molar-refractivity contribution in [3.8, 4) is 11.5 Å². The number of aromatic hydroxyl groups is 2. The molecule has 104 valence electrons. The highest BCUT2D eigenvalue weighted by Crippen LogP contribution is 2.36. The van der Waals surface area contributed by atoms with Crippen molar-refractivity contribution in [3.63, 3.8) is 0 Å². The Balaban J connectivity index is 2.35. The molecule has 0 radical (unpaired) electrons. The van der Waals surface area contributed by atoms with Crippen molar-refractivity contribution in [1.29, 1.82) is 0 Å². The molecule has 1 aromatic carbocycles. The molecule has 0 saturated carbocycles. The zero-order valence-electron chi connectivity index (χ0n) is 11.1. The van der Waals surface area contributed by atoms with E-state index >= 15 is 0 Å². The van der Waals surface area contributed by atoms with Crippen molar-refractivity contribution in [2.75, 3.05) is 26.8 Å². The molecule has 0 saturated heterocycles. The summed E-state index contributed by atoms with van der Waals surface area (Å²) in [6.07, 6.45) is 0. The van der Waals surface area contributed by atoms with Crippen LogP contribution in [0, 0.1) is 0 Å². The minimum absolute atomic E-state index is 0.0217. The molecule has 0 aromatic heterocycles. The average Bonchev–Trinajstić information content (AvgIpc) is 2.63. The Kier molecular flexibility index (Phi) is 3.53. The fourth-order valence-corrected chi connectivity index (χ4v) is 2.36. The molecule has 0 bridgehead atoms. The van der Waals surface area contributed by atoms with Crippen LogP contribution in [0.3, 0.4) is 0 Å². The SMILES string of the molecule is COCCN1C(N)=NCC1(C)c1cc(O)cc(O)c1. The van der Waals surface area contributed by atoms with Crippen LogP contribution in [-0.2, 0) is 10.3 Å². The summed E-state index contributed by atoms with van der Waals surface area (Å²) >= 11 is 0. The first kappa shape index (κ1) is 13.5. The van der Waals surface area contributed by atoms with E-state index in [1.807, 2.05) is 11.8 Å². The first-order valence-electron chi connectivity index (χ1n) is 6.07. The number of phenols is 2. The van der Waals surface area contributed by atoms with Gasteiger partial charge in [0.15, 0.2) is 5.96 Å². The molecule has 4 N–H and O–H groups in total. The number of guanidine groups is 1. The molecule has 1 aliphatic heterocycles. The lowest BCUT2D eigenvalue weighted by atomic mass is 9.90. The molecule has 0 spiro atoms. The molecule has 1 heterocycles. The van der Waals surface area contributed by atoms with Crippen LogP contribution in [0.1, 0.15) is 12.5 Å². The Bertz CT molecular complexity index is 484. The van der Waals surface area contributed by atoms with E-state index in [0.29, 0.717) is 25.7 Å². The van der Waals surface area contributed by atoms with Gasteiger partial charge in [0.25, 0.3) is 0 Å². The average molecular weight is 265 g/mol. The third-order valence-electron chi connectivity index (χ3n) is 3.46. The van der Waals surface area contributed by atoms with Gasteiger partial charge in [-0.15, -0.1) is 0 Å². The molecule has 0 amide bonds. The van der Waals surface area contributed by atoms with Gasteiger partial charge in [0.1, 0.15) is 11.5 Å². The van der Waals surface area contributed by atoms with Crippen LogP contribution >= 0.6 is 0 Å². The molecule has 6 heteroatoms. The number of nitrogens with two attached hydrogens (primary N) is 1. The van der Waals surface area contributed by atoms with Gasteiger partial charge < -0.3 is 25.6 Å². The van der Waals surface area contributed by atoms with Crippen LogP contribution < -0.4 is 5.73 Å². The van der Waals surface area contributed by atoms with Crippen LogP contribution in [0.15, 0.2) is 23.2 Å². The molecule has 2 rings (SSSR count). The molecular formula is C13H19N3O3. The number of nitrogens with zero attached hydrogens (tertiary/aromatic N) is 2. The zero-order chi connectivity index (χ0) is 14.0. The minimum atomic E-state index is -0.487. The molecule has 1 atom stereocenters. The molecule has 1 aromatic rings. The Hall–Kier alpha value is -1.95. The van der Waals surface area contributed by atoms with E-state index < -0.39 is 5.54 Å². The van der Waals surface area contributed by atoms with Crippen molar-refractivity contribution >= 4 is 5.96 Å². The molecular weight excluding hydrogens is 246 g/mol. The van der Waals surface area contributed by atoms with Crippen LogP contribution in [0.5, 0.6) is 11.5 Å². The molecule has 19 heavy (non-hydrogen) atoms. The maximum atomic E-state index is 9.63. The van der Waals surface area contributed by atoms with Gasteiger partial charge >= 0.3 is 0 Å². The normalized spacial score (nSPS) is 22.6. The van der Waals surface area contributed by atoms with E-state index in [9.17, 15) is 10.2 Å². The van der Waals surface area contributed by atoms with E-state index in [1.165, 1.54) is 6.07 Å². The van der Waals surface area contributed by atoms with Gasteiger partial charge in [-0.1, -0.05) is 0 Å². The Labute approximate surface area is 112 Å². The van der Waals surface area contributed by atoms with Gasteiger partial charge in [0.05, 0.1) is 18.7 Å². The number of methoxy groups -OCH3 is 1. The number of benzene rings is 1. The highest BCUT2D eigenvalue weighted by atomic mass is 16.5. The van der Waals surface area contributed by atoms with E-state index in [1.54, 1.807) is 19.2 Å². The van der Waals surface area contributed by atoms with Crippen molar-refractivity contribution in [3.05, 3.63) is 23.8 Å². The van der Waals surface area contributed by atoms with Crippen LogP contribution in [-0.4, -0.2) is 47.9 Å². The van der Waals surface area contributed by atoms with Gasteiger partial charge in [-0.05, 0) is 24.6 Å². The smallest absolute Gasteiger partial charge is 0.192 e. The lowest BCUT2D eigenvalue weighted by molar-refractivity contribution is 0.137. The Morgan fingerprint density at radius 2 is 2.00 bits per heavy atom. The molecule has 1 unspecified atom stereocenters. The van der Waals surface area contributed by atoms with Gasteiger partial charge in [-0.25, -0.2) is 0 Å². The maximum absolute atomic E-state index is 9.63. The summed E-state index contributed by atoms with van der Waals surface area (Å²) in [6.45, 7) is 3.57. The van der Waals surface area contributed by atoms with Crippen molar-refractivity contribution in [2.45, 2.75) is 12.5 Å². The summed E-state index contributed by atoms with van der Waals surface area (Å²) < 4.78 is 5.08. The number of ether oxygens (including phenoxy) is 1. The number of phenolic OH excluding ortho intramolecular Hbond substituents is 2. The summed E-state index contributed by atoms with van der Waals surface area (Å²) in [5.41, 5.74) is 6.19. The summed E-state index contributed by atoms with van der Waals surface area (Å²) in [7, 11) is 1.63. The molecule has 6 nitrogen and oxygen atoms in total. The van der Waals surface area contributed by atoms with Gasteiger partial charge in [-0.2, -0.15) is 0 Å². The fraction of sp³-hybridized carbons (Fsp3) is 0.462. The topological polar surface area (TPSA) is 91.3 Å². The standard InChI is InChI=1S/C13H19N3O3/c1-13(9-5-10(17)7-11(18)6-9)8-15-12(14)16(13)3-4-19-2/h5-7,17-18H,3-4,8H2,1-2H3,(H2,14,15). The lowest BCUT2D eigenvalue weighted by Crippen LogP contribution is -2.48. The summed E-state index contributed by atoms with van der Waals surface area (Å²) in [6, 6.07) is 4.53. The summed E-state index contributed by atoms with van der Waals surface area (Å²) in [5.74, 6) is 0.490. The third-order valence-corrected chi connectivity index (χ3v) is 3.46. The van der Waals surface area contributed by atoms with E-state index in [0.717, 1.165) is 5.56 Å². The first-order chi connectivity index (χ1) is 8.97. The first-order valence-corrected chi connectivity index (χ1v) is 6.07. The van der Waals surface area contributed by atoms with Crippen molar-refractivity contribution in [2.24, 2.45) is 10.7 Å². The van der Waals surface area contributed by atoms with Gasteiger partial charge in [-0.3, -0.25) is 4.99 Å². The van der Waals surface area contributed by atoms with E-state index in [2.05, 4.69) is 4.99 Å². The Morgan fingerprint density at radius 1 is 1.37 bits per heavy atom. The monoisotopic (exact) mass is 265 g/mol. The number of rotatable bonds is 4. The number of hydrogen-bond acceptors (Lipinski definition) is 6. The van der Waals surface area contributed by atoms with Crippen LogP contribution in [0.2, 0.25) is 0 Å². The highest BCUT2D eigenvalue weighted by molar-refractivity contribution is 5.81. The second-order valence-corrected chi connectivity index (χ2v) is 4.83. The lowest BCUT2D eigenvalue weighted by Gasteiger charge is -2.36. The third kappa shape index (κ3) is 2.44. The van der Waals surface area contributed by atoms with Crippen LogP contribution in [0.25, 0.3) is 0 Å². The fourth-order valence-electron chi connectivity index (χ4n) is 2.36. The van der Waals surface area contributed by atoms with Crippen LogP contribution in [0.4, 0.5) is 0 Å². The summed E-state index contributed by atoms with van der Waals surface area (Å²) in [5, 5.41) is 19.3. The predicted octanol–water partition coefficient (Wildman–Crippen LogP) is 0.590. The van der Waals surface area contributed by atoms with Gasteiger partial charge in [0.2, 0.25) is 0 Å². The molecule has 1 aliphatic rings. The molecule has 0 aliphatic carbocycles. The Morgan fingerprint density at radius 3 is 2.58 bits per heavy atom. The zero-order valence-corrected chi connectivity index (χ0v) is 11.1. The highest BCUT2D eigenvalue weighted by Gasteiger charge is 2.39. The number of aliphatic imine (C=N–C) groups is 1. The van der Waals surface area contributed by atoms with E-state index in [4.69, 9.17) is 10.5 Å². The minimum Gasteiger partial charge on any atom is -0.508 e. The van der Waals surface area contributed by atoms with Crippen molar-refractivity contribution in [1.82, 2.24) is 4.90 Å². The maximum Gasteiger partial charge on any atom is 0.192 e. The second-order valence-electron chi connectivity index (χ2n) is 4.83. The van der Waals surface area contributed by atoms with E-state index in [-0.39, 0.29) is 11.5 Å². The predicted molar refractivity (Wildman–Crippen MR) is 72.2 cm³/mol. The summed E-state index contributed by atoms with van der Waals surface area (Å²) in [4.78, 5) is 6.18. The quantitative estimate of drug-likeness (QED) is 0.741. The molecule has 0 fully saturated rings. The number of hydrogen-bond donors (Lipinski definition) is 3. The van der Waals surface area contributed by atoms with Gasteiger partial charge in [0, 0.05) is 19.7 Å². The van der Waals surface area contributed by atoms with Crippen molar-refractivity contribution < 1.29 is 14.9 Å². The largest absolute Gasteiger partial charge is 0.508 e.